The Morgan fingerprint density at radius 1 is 1.35 bits per heavy atom. The van der Waals surface area contributed by atoms with Gasteiger partial charge in [0.05, 0.1) is 0 Å². The van der Waals surface area contributed by atoms with E-state index in [1.807, 2.05) is 0 Å². The van der Waals surface area contributed by atoms with Gasteiger partial charge in [0.25, 0.3) is 0 Å². The van der Waals surface area contributed by atoms with Gasteiger partial charge in [0, 0.05) is 45.6 Å². The van der Waals surface area contributed by atoms with Crippen LogP contribution in [0.4, 0.5) is 4.79 Å². The number of aliphatic carboxylic acids is 1. The van der Waals surface area contributed by atoms with Gasteiger partial charge >= 0.3 is 12.0 Å². The van der Waals surface area contributed by atoms with Crippen LogP contribution in [0.1, 0.15) is 25.7 Å². The first-order valence-electron chi connectivity index (χ1n) is 6.97. The molecule has 2 aliphatic heterocycles. The summed E-state index contributed by atoms with van der Waals surface area (Å²) in [7, 11) is 1.74. The molecule has 0 radical (unpaired) electrons. The molecule has 2 saturated heterocycles. The van der Waals surface area contributed by atoms with Gasteiger partial charge in [0.15, 0.2) is 0 Å². The van der Waals surface area contributed by atoms with Crippen molar-refractivity contribution in [2.24, 2.45) is 5.92 Å². The molecular weight excluding hydrogens is 262 g/mol. The third-order valence-corrected chi connectivity index (χ3v) is 3.99. The normalized spacial score (nSPS) is 26.8. The van der Waals surface area contributed by atoms with Gasteiger partial charge < -0.3 is 20.2 Å². The number of amides is 3. The molecule has 2 unspecified atom stereocenters. The molecule has 0 aliphatic carbocycles. The third-order valence-electron chi connectivity index (χ3n) is 3.99. The number of nitrogens with zero attached hydrogens (tertiary/aromatic N) is 2. The lowest BCUT2D eigenvalue weighted by Crippen LogP contribution is -2.51. The number of piperidine rings is 1. The van der Waals surface area contributed by atoms with Gasteiger partial charge in [-0.2, -0.15) is 0 Å². The molecule has 2 rings (SSSR count). The molecule has 2 N–H and O–H groups in total. The molecule has 112 valence electrons. The van der Waals surface area contributed by atoms with Gasteiger partial charge in [-0.1, -0.05) is 0 Å². The maximum atomic E-state index is 12.1. The summed E-state index contributed by atoms with van der Waals surface area (Å²) in [6, 6.07) is -0.158. The summed E-state index contributed by atoms with van der Waals surface area (Å²) >= 11 is 0. The second kappa shape index (κ2) is 6.11. The van der Waals surface area contributed by atoms with Crippen LogP contribution in [0.5, 0.6) is 0 Å². The van der Waals surface area contributed by atoms with E-state index in [2.05, 4.69) is 5.32 Å². The molecule has 2 fully saturated rings. The van der Waals surface area contributed by atoms with Gasteiger partial charge in [0.1, 0.15) is 0 Å². The topological polar surface area (TPSA) is 90.0 Å². The van der Waals surface area contributed by atoms with E-state index >= 15 is 0 Å². The average Bonchev–Trinajstić information content (AvgIpc) is 2.81. The Bertz CT molecular complexity index is 412. The summed E-state index contributed by atoms with van der Waals surface area (Å²) in [6.07, 6.45) is 1.98. The van der Waals surface area contributed by atoms with Crippen molar-refractivity contribution in [1.82, 2.24) is 15.1 Å². The number of carboxylic acids is 1. The second-order valence-electron chi connectivity index (χ2n) is 5.66. The number of hydrogen-bond donors (Lipinski definition) is 2. The van der Waals surface area contributed by atoms with Crippen molar-refractivity contribution in [3.8, 4) is 0 Å². The van der Waals surface area contributed by atoms with E-state index in [-0.39, 0.29) is 30.3 Å². The number of rotatable bonds is 3. The van der Waals surface area contributed by atoms with E-state index in [1.54, 1.807) is 16.8 Å². The standard InChI is InChI=1S/C13H21N3O4/c1-15-8-10(2-3-11(15)17)14-13(20)16-5-4-9(7-16)6-12(18)19/h9-10H,2-8H2,1H3,(H,14,20)(H,18,19). The lowest BCUT2D eigenvalue weighted by Gasteiger charge is -2.31. The highest BCUT2D eigenvalue weighted by molar-refractivity contribution is 5.78. The van der Waals surface area contributed by atoms with Gasteiger partial charge in [-0.05, 0) is 18.8 Å². The maximum absolute atomic E-state index is 12.1. The fourth-order valence-electron chi connectivity index (χ4n) is 2.83. The first kappa shape index (κ1) is 14.6. The molecule has 0 aromatic heterocycles. The monoisotopic (exact) mass is 283 g/mol. The molecule has 2 aliphatic rings. The molecule has 7 nitrogen and oxygen atoms in total. The van der Waals surface area contributed by atoms with Gasteiger partial charge in [-0.25, -0.2) is 4.79 Å². The lowest BCUT2D eigenvalue weighted by atomic mass is 10.1. The van der Waals surface area contributed by atoms with Crippen molar-refractivity contribution in [2.45, 2.75) is 31.7 Å². The fraction of sp³-hybridized carbons (Fsp3) is 0.769. The summed E-state index contributed by atoms with van der Waals surface area (Å²) in [4.78, 5) is 37.4. The Morgan fingerprint density at radius 3 is 2.75 bits per heavy atom. The molecular formula is C13H21N3O4. The van der Waals surface area contributed by atoms with Crippen molar-refractivity contribution < 1.29 is 19.5 Å². The Morgan fingerprint density at radius 2 is 2.10 bits per heavy atom. The minimum absolute atomic E-state index is 0.0104. The first-order valence-corrected chi connectivity index (χ1v) is 6.97. The molecule has 0 bridgehead atoms. The van der Waals surface area contributed by atoms with E-state index in [9.17, 15) is 14.4 Å². The van der Waals surface area contributed by atoms with E-state index < -0.39 is 5.97 Å². The summed E-state index contributed by atoms with van der Waals surface area (Å²) in [5, 5.41) is 11.7. The smallest absolute Gasteiger partial charge is 0.317 e. The van der Waals surface area contributed by atoms with Crippen molar-refractivity contribution >= 4 is 17.9 Å². The molecule has 2 heterocycles. The number of hydrogen-bond acceptors (Lipinski definition) is 3. The van der Waals surface area contributed by atoms with Crippen LogP contribution >= 0.6 is 0 Å². The molecule has 0 spiro atoms. The molecule has 0 aromatic rings. The quantitative estimate of drug-likeness (QED) is 0.769. The van der Waals surface area contributed by atoms with Crippen molar-refractivity contribution in [2.75, 3.05) is 26.7 Å². The van der Waals surface area contributed by atoms with Crippen LogP contribution in [0.15, 0.2) is 0 Å². The van der Waals surface area contributed by atoms with Crippen molar-refractivity contribution in [3.63, 3.8) is 0 Å². The van der Waals surface area contributed by atoms with E-state index in [0.717, 1.165) is 6.42 Å². The number of carbonyl (C=O) groups is 3. The highest BCUT2D eigenvalue weighted by Crippen LogP contribution is 2.20. The number of likely N-dealkylation sites (tertiary alicyclic amines) is 2. The predicted molar refractivity (Wildman–Crippen MR) is 71.1 cm³/mol. The molecule has 3 amide bonds. The number of carboxylic acid groups (broad SMARTS) is 1. The fourth-order valence-corrected chi connectivity index (χ4v) is 2.83. The number of urea groups is 1. The minimum atomic E-state index is -0.815. The Balaban J connectivity index is 1.78. The van der Waals surface area contributed by atoms with E-state index in [4.69, 9.17) is 5.11 Å². The zero-order chi connectivity index (χ0) is 14.7. The summed E-state index contributed by atoms with van der Waals surface area (Å²) in [5.74, 6) is -0.656. The van der Waals surface area contributed by atoms with Crippen LogP contribution in [0.2, 0.25) is 0 Å². The Kier molecular flexibility index (Phi) is 4.46. The number of carbonyl (C=O) groups excluding carboxylic acids is 2. The van der Waals surface area contributed by atoms with Crippen molar-refractivity contribution in [3.05, 3.63) is 0 Å². The summed E-state index contributed by atoms with van der Waals surface area (Å²) in [6.45, 7) is 1.64. The first-order chi connectivity index (χ1) is 9.45. The number of nitrogens with one attached hydrogen (secondary N) is 1. The van der Waals surface area contributed by atoms with Gasteiger partial charge in [-0.15, -0.1) is 0 Å². The highest BCUT2D eigenvalue weighted by atomic mass is 16.4. The largest absolute Gasteiger partial charge is 0.481 e. The predicted octanol–water partition coefficient (Wildman–Crippen LogP) is 0.113. The van der Waals surface area contributed by atoms with E-state index in [0.29, 0.717) is 32.5 Å². The summed E-state index contributed by atoms with van der Waals surface area (Å²) < 4.78 is 0. The van der Waals surface area contributed by atoms with Crippen LogP contribution in [0.3, 0.4) is 0 Å². The molecule has 20 heavy (non-hydrogen) atoms. The molecule has 0 saturated carbocycles. The van der Waals surface area contributed by atoms with Crippen LogP contribution in [-0.2, 0) is 9.59 Å². The van der Waals surface area contributed by atoms with Crippen LogP contribution in [0, 0.1) is 5.92 Å². The van der Waals surface area contributed by atoms with Gasteiger partial charge in [0.2, 0.25) is 5.91 Å². The minimum Gasteiger partial charge on any atom is -0.481 e. The molecule has 0 aromatic carbocycles. The highest BCUT2D eigenvalue weighted by Gasteiger charge is 2.30. The van der Waals surface area contributed by atoms with Crippen LogP contribution in [0.25, 0.3) is 0 Å². The average molecular weight is 283 g/mol. The third kappa shape index (κ3) is 3.61. The maximum Gasteiger partial charge on any atom is 0.317 e. The Labute approximate surface area is 117 Å². The Hall–Kier alpha value is -1.79. The van der Waals surface area contributed by atoms with Crippen LogP contribution in [-0.4, -0.2) is 65.5 Å². The summed E-state index contributed by atoms with van der Waals surface area (Å²) in [5.41, 5.74) is 0. The molecule has 7 heteroatoms. The SMILES string of the molecule is CN1CC(NC(=O)N2CCC(CC(=O)O)C2)CCC1=O. The molecule has 2 atom stereocenters. The zero-order valence-corrected chi connectivity index (χ0v) is 11.7. The number of likely N-dealkylation sites (N-methyl/N-ethyl adjacent to an activating group) is 1. The van der Waals surface area contributed by atoms with Gasteiger partial charge in [-0.3, -0.25) is 9.59 Å². The van der Waals surface area contributed by atoms with Crippen molar-refractivity contribution in [1.29, 1.82) is 0 Å². The lowest BCUT2D eigenvalue weighted by molar-refractivity contribution is -0.138. The van der Waals surface area contributed by atoms with Crippen LogP contribution < -0.4 is 5.32 Å². The second-order valence-corrected chi connectivity index (χ2v) is 5.66. The zero-order valence-electron chi connectivity index (χ0n) is 11.7. The van der Waals surface area contributed by atoms with E-state index in [1.165, 1.54) is 0 Å².